The molecule has 0 radical (unpaired) electrons. The first-order chi connectivity index (χ1) is 13.6. The van der Waals surface area contributed by atoms with E-state index in [9.17, 15) is 4.39 Å². The molecular weight excluding hydrogens is 371 g/mol. The number of likely N-dealkylation sites (tertiary alicyclic amines) is 1. The van der Waals surface area contributed by atoms with Crippen molar-refractivity contribution in [2.75, 3.05) is 13.1 Å². The maximum atomic E-state index is 13.2. The summed E-state index contributed by atoms with van der Waals surface area (Å²) in [6.45, 7) is 3.06. The largest absolute Gasteiger partial charge is 0.316 e. The van der Waals surface area contributed by atoms with Crippen molar-refractivity contribution in [2.45, 2.75) is 25.9 Å². The Morgan fingerprint density at radius 3 is 2.43 bits per heavy atom. The third-order valence-corrected chi connectivity index (χ3v) is 6.18. The van der Waals surface area contributed by atoms with Gasteiger partial charge in [-0.2, -0.15) is 4.68 Å². The summed E-state index contributed by atoms with van der Waals surface area (Å²) in [5.41, 5.74) is 2.32. The minimum Gasteiger partial charge on any atom is -0.316 e. The van der Waals surface area contributed by atoms with Gasteiger partial charge in [-0.1, -0.05) is 30.3 Å². The van der Waals surface area contributed by atoms with E-state index in [-0.39, 0.29) is 5.82 Å². The third-order valence-electron chi connectivity index (χ3n) is 5.70. The number of aromatic nitrogens is 3. The summed E-state index contributed by atoms with van der Waals surface area (Å²) in [4.78, 5) is 1.52. The van der Waals surface area contributed by atoms with E-state index in [4.69, 9.17) is 17.3 Å². The summed E-state index contributed by atoms with van der Waals surface area (Å²) in [6, 6.07) is 17.2. The fourth-order valence-corrected chi connectivity index (χ4v) is 4.24. The molecule has 1 N–H and O–H groups in total. The number of piperidine rings is 1. The molecule has 3 aromatic rings. The number of benzene rings is 2. The van der Waals surface area contributed by atoms with Crippen molar-refractivity contribution in [3.8, 4) is 11.4 Å². The van der Waals surface area contributed by atoms with E-state index in [0.29, 0.717) is 4.77 Å². The number of hydrogen-bond acceptors (Lipinski definition) is 2. The van der Waals surface area contributed by atoms with Gasteiger partial charge in [0.05, 0.1) is 13.1 Å². The molecule has 146 valence electrons. The Morgan fingerprint density at radius 2 is 1.75 bits per heavy atom. The SMILES string of the molecule is Cn1c(-c2ccc(F)cc2)nn(C[NH+]2CCC(Cc3ccccc3)CC2)c1=S. The normalized spacial score (nSPS) is 19.6. The minimum absolute atomic E-state index is 0.243. The van der Waals surface area contributed by atoms with Crippen LogP contribution >= 0.6 is 12.2 Å². The molecule has 1 aromatic heterocycles. The molecule has 6 heteroatoms. The third kappa shape index (κ3) is 4.23. The van der Waals surface area contributed by atoms with Gasteiger partial charge in [-0.3, -0.25) is 0 Å². The first-order valence-electron chi connectivity index (χ1n) is 9.87. The van der Waals surface area contributed by atoms with Crippen LogP contribution < -0.4 is 4.90 Å². The van der Waals surface area contributed by atoms with Crippen molar-refractivity contribution < 1.29 is 9.29 Å². The second kappa shape index (κ2) is 8.37. The average Bonchev–Trinajstić information content (AvgIpc) is 2.99. The summed E-state index contributed by atoms with van der Waals surface area (Å²) in [5.74, 6) is 1.30. The molecule has 4 rings (SSSR count). The topological polar surface area (TPSA) is 27.2 Å². The summed E-state index contributed by atoms with van der Waals surface area (Å²) in [5, 5.41) is 4.72. The molecule has 0 bridgehead atoms. The van der Waals surface area contributed by atoms with Crippen LogP contribution in [-0.2, 0) is 20.1 Å². The van der Waals surface area contributed by atoms with E-state index in [1.165, 1.54) is 41.9 Å². The highest BCUT2D eigenvalue weighted by atomic mass is 32.1. The van der Waals surface area contributed by atoms with Gasteiger partial charge in [-0.05, 0) is 67.2 Å². The van der Waals surface area contributed by atoms with Crippen molar-refractivity contribution >= 4 is 12.2 Å². The first-order valence-corrected chi connectivity index (χ1v) is 10.3. The molecular formula is C22H26FN4S+. The minimum atomic E-state index is -0.243. The van der Waals surface area contributed by atoms with Crippen molar-refractivity contribution in [3.05, 3.63) is 70.7 Å². The van der Waals surface area contributed by atoms with Crippen LogP contribution in [0.25, 0.3) is 11.4 Å². The van der Waals surface area contributed by atoms with Crippen LogP contribution in [0.4, 0.5) is 4.39 Å². The fourth-order valence-electron chi connectivity index (χ4n) is 4.05. The van der Waals surface area contributed by atoms with Gasteiger partial charge in [-0.25, -0.2) is 4.39 Å². The van der Waals surface area contributed by atoms with Crippen molar-refractivity contribution in [3.63, 3.8) is 0 Å². The molecule has 1 aliphatic heterocycles. The van der Waals surface area contributed by atoms with Gasteiger partial charge in [0.2, 0.25) is 4.77 Å². The van der Waals surface area contributed by atoms with Crippen LogP contribution in [0.15, 0.2) is 54.6 Å². The molecule has 0 atom stereocenters. The van der Waals surface area contributed by atoms with Crippen molar-refractivity contribution in [2.24, 2.45) is 13.0 Å². The van der Waals surface area contributed by atoms with E-state index >= 15 is 0 Å². The van der Waals surface area contributed by atoms with Gasteiger partial charge < -0.3 is 9.47 Å². The molecule has 0 saturated carbocycles. The Kier molecular flexibility index (Phi) is 5.69. The Balaban J connectivity index is 1.39. The number of hydrogen-bond donors (Lipinski definition) is 1. The lowest BCUT2D eigenvalue weighted by Gasteiger charge is -2.29. The highest BCUT2D eigenvalue weighted by Crippen LogP contribution is 2.18. The molecule has 4 nitrogen and oxygen atoms in total. The smallest absolute Gasteiger partial charge is 0.202 e. The summed E-state index contributed by atoms with van der Waals surface area (Å²) < 4.78 is 17.7. The standard InChI is InChI=1S/C22H25FN4S/c1-25-21(19-7-9-20(23)10-8-19)24-27(22(25)28)16-26-13-11-18(12-14-26)15-17-5-3-2-4-6-17/h2-10,18H,11-16H2,1H3/p+1. The van der Waals surface area contributed by atoms with Gasteiger partial charge in [0.25, 0.3) is 0 Å². The zero-order valence-electron chi connectivity index (χ0n) is 16.1. The molecule has 1 aliphatic rings. The summed E-state index contributed by atoms with van der Waals surface area (Å²) in [6.07, 6.45) is 3.64. The van der Waals surface area contributed by atoms with E-state index in [2.05, 4.69) is 30.3 Å². The Hall–Kier alpha value is -2.31. The lowest BCUT2D eigenvalue weighted by Crippen LogP contribution is -3.12. The predicted octanol–water partition coefficient (Wildman–Crippen LogP) is 3.25. The molecule has 28 heavy (non-hydrogen) atoms. The number of nitrogens with one attached hydrogen (secondary N) is 1. The Bertz CT molecular complexity index is 970. The first kappa shape index (κ1) is 19.0. The maximum Gasteiger partial charge on any atom is 0.202 e. The van der Waals surface area contributed by atoms with Crippen LogP contribution in [0.5, 0.6) is 0 Å². The summed E-state index contributed by atoms with van der Waals surface area (Å²) >= 11 is 5.59. The number of quaternary nitrogens is 1. The molecule has 0 spiro atoms. The van der Waals surface area contributed by atoms with Crippen LogP contribution in [-0.4, -0.2) is 27.4 Å². The van der Waals surface area contributed by atoms with Gasteiger partial charge in [0.1, 0.15) is 5.82 Å². The second-order valence-corrected chi connectivity index (χ2v) is 8.08. The highest BCUT2D eigenvalue weighted by molar-refractivity contribution is 7.71. The molecule has 0 unspecified atom stereocenters. The molecule has 2 aromatic carbocycles. The molecule has 0 aliphatic carbocycles. The number of nitrogens with zero attached hydrogens (tertiary/aromatic N) is 3. The van der Waals surface area contributed by atoms with Crippen molar-refractivity contribution in [1.82, 2.24) is 14.3 Å². The predicted molar refractivity (Wildman–Crippen MR) is 111 cm³/mol. The van der Waals surface area contributed by atoms with Crippen LogP contribution in [0.1, 0.15) is 18.4 Å². The van der Waals surface area contributed by atoms with Crippen LogP contribution in [0.2, 0.25) is 0 Å². The lowest BCUT2D eigenvalue weighted by molar-refractivity contribution is -0.929. The molecule has 2 heterocycles. The van der Waals surface area contributed by atoms with Crippen LogP contribution in [0, 0.1) is 16.5 Å². The number of rotatable bonds is 5. The average molecular weight is 398 g/mol. The number of halogens is 1. The zero-order valence-corrected chi connectivity index (χ0v) is 17.0. The quantitative estimate of drug-likeness (QED) is 0.669. The Labute approximate surface area is 170 Å². The van der Waals surface area contributed by atoms with Crippen LogP contribution in [0.3, 0.4) is 0 Å². The fraction of sp³-hybridized carbons (Fsp3) is 0.364. The molecule has 1 fully saturated rings. The van der Waals surface area contributed by atoms with Crippen molar-refractivity contribution in [1.29, 1.82) is 0 Å². The molecule has 0 amide bonds. The monoisotopic (exact) mass is 397 g/mol. The maximum absolute atomic E-state index is 13.2. The Morgan fingerprint density at radius 1 is 1.07 bits per heavy atom. The van der Waals surface area contributed by atoms with E-state index < -0.39 is 0 Å². The van der Waals surface area contributed by atoms with Gasteiger partial charge in [0, 0.05) is 12.6 Å². The lowest BCUT2D eigenvalue weighted by atomic mass is 9.90. The second-order valence-electron chi connectivity index (χ2n) is 7.71. The van der Waals surface area contributed by atoms with Gasteiger partial charge in [-0.15, -0.1) is 5.10 Å². The van der Waals surface area contributed by atoms with Gasteiger partial charge in [0.15, 0.2) is 12.5 Å². The summed E-state index contributed by atoms with van der Waals surface area (Å²) in [7, 11) is 1.92. The van der Waals surface area contributed by atoms with Gasteiger partial charge >= 0.3 is 0 Å². The van der Waals surface area contributed by atoms with E-state index in [1.54, 1.807) is 12.1 Å². The van der Waals surface area contributed by atoms with E-state index in [1.807, 2.05) is 16.3 Å². The zero-order chi connectivity index (χ0) is 19.5. The highest BCUT2D eigenvalue weighted by Gasteiger charge is 2.23. The van der Waals surface area contributed by atoms with E-state index in [0.717, 1.165) is 37.1 Å². The molecule has 1 saturated heterocycles.